The molecule has 0 amide bonds. The first kappa shape index (κ1) is 20.2. The predicted octanol–water partition coefficient (Wildman–Crippen LogP) is 6.46. The number of ether oxygens (including phenoxy) is 1. The summed E-state index contributed by atoms with van der Waals surface area (Å²) < 4.78 is 8.43. The van der Waals surface area contributed by atoms with Crippen molar-refractivity contribution in [1.29, 1.82) is 0 Å². The van der Waals surface area contributed by atoms with Gasteiger partial charge in [0.1, 0.15) is 18.2 Å². The molecule has 154 valence electrons. The van der Waals surface area contributed by atoms with Gasteiger partial charge in [-0.05, 0) is 91.8 Å². The molecular weight excluding hydrogens is 368 g/mol. The first-order valence-corrected chi connectivity index (χ1v) is 10.7. The van der Waals surface area contributed by atoms with Crippen molar-refractivity contribution in [3.63, 3.8) is 0 Å². The average molecular weight is 399 g/mol. The number of nitrogens with zero attached hydrogens (tertiary/aromatic N) is 2. The van der Waals surface area contributed by atoms with Crippen molar-refractivity contribution in [2.75, 3.05) is 0 Å². The summed E-state index contributed by atoms with van der Waals surface area (Å²) in [6.45, 7) is 12.2. The number of imidazole rings is 1. The maximum atomic E-state index is 6.12. The molecule has 0 bridgehead atoms. The third-order valence-corrected chi connectivity index (χ3v) is 6.27. The van der Waals surface area contributed by atoms with E-state index in [1.807, 2.05) is 18.2 Å². The molecule has 0 radical (unpaired) electrons. The van der Waals surface area contributed by atoms with Crippen LogP contribution >= 0.6 is 0 Å². The molecule has 0 saturated carbocycles. The van der Waals surface area contributed by atoms with E-state index in [4.69, 9.17) is 9.72 Å². The number of aromatic nitrogens is 2. The molecular formula is C27H30N2O. The van der Waals surface area contributed by atoms with Crippen LogP contribution in [0.15, 0.2) is 54.6 Å². The number of para-hydroxylation sites is 2. The Bertz CT molecular complexity index is 1160. The Balaban J connectivity index is 1.70. The normalized spacial score (nSPS) is 11.2. The van der Waals surface area contributed by atoms with Crippen molar-refractivity contribution in [3.8, 4) is 5.75 Å². The van der Waals surface area contributed by atoms with E-state index in [9.17, 15) is 0 Å². The molecule has 4 aromatic rings. The SMILES string of the molecule is CCc1ccc(OCc2nc3ccccc3n2Cc2c(C)c(C)cc(C)c2C)cc1. The van der Waals surface area contributed by atoms with Crippen molar-refractivity contribution < 1.29 is 4.74 Å². The van der Waals surface area contributed by atoms with Crippen molar-refractivity contribution >= 4 is 11.0 Å². The summed E-state index contributed by atoms with van der Waals surface area (Å²) in [5.74, 6) is 1.83. The monoisotopic (exact) mass is 398 g/mol. The molecule has 0 aliphatic carbocycles. The zero-order chi connectivity index (χ0) is 21.3. The van der Waals surface area contributed by atoms with Gasteiger partial charge in [-0.3, -0.25) is 0 Å². The fourth-order valence-corrected chi connectivity index (χ4v) is 4.08. The topological polar surface area (TPSA) is 27.1 Å². The average Bonchev–Trinajstić information content (AvgIpc) is 3.11. The number of fused-ring (bicyclic) bond motifs is 1. The van der Waals surface area contributed by atoms with Crippen molar-refractivity contribution in [1.82, 2.24) is 9.55 Å². The summed E-state index contributed by atoms with van der Waals surface area (Å²) in [6.07, 6.45) is 1.03. The molecule has 3 aromatic carbocycles. The number of hydrogen-bond acceptors (Lipinski definition) is 2. The van der Waals surface area contributed by atoms with Crippen LogP contribution in [0.25, 0.3) is 11.0 Å². The van der Waals surface area contributed by atoms with Crippen LogP contribution in [0.4, 0.5) is 0 Å². The van der Waals surface area contributed by atoms with E-state index in [1.165, 1.54) is 33.4 Å². The highest BCUT2D eigenvalue weighted by Gasteiger charge is 2.15. The Kier molecular flexibility index (Phi) is 5.63. The van der Waals surface area contributed by atoms with Gasteiger partial charge in [0, 0.05) is 0 Å². The molecule has 0 unspecified atom stereocenters. The number of benzene rings is 3. The quantitative estimate of drug-likeness (QED) is 0.373. The largest absolute Gasteiger partial charge is 0.486 e. The van der Waals surface area contributed by atoms with Gasteiger partial charge in [0.15, 0.2) is 0 Å². The third-order valence-electron chi connectivity index (χ3n) is 6.27. The van der Waals surface area contributed by atoms with Crippen molar-refractivity contribution in [3.05, 3.63) is 93.8 Å². The Morgan fingerprint density at radius 2 is 1.53 bits per heavy atom. The lowest BCUT2D eigenvalue weighted by molar-refractivity contribution is 0.291. The fourth-order valence-electron chi connectivity index (χ4n) is 4.08. The van der Waals surface area contributed by atoms with E-state index >= 15 is 0 Å². The lowest BCUT2D eigenvalue weighted by Crippen LogP contribution is -2.11. The highest BCUT2D eigenvalue weighted by molar-refractivity contribution is 5.76. The van der Waals surface area contributed by atoms with Gasteiger partial charge >= 0.3 is 0 Å². The lowest BCUT2D eigenvalue weighted by Gasteiger charge is -2.18. The molecule has 0 atom stereocenters. The standard InChI is InChI=1S/C27H30N2O/c1-6-22-11-13-23(14-12-22)30-17-27-28-25-9-7-8-10-26(25)29(27)16-24-20(4)18(2)15-19(3)21(24)5/h7-15H,6,16-17H2,1-5H3. The molecule has 3 nitrogen and oxygen atoms in total. The summed E-state index contributed by atoms with van der Waals surface area (Å²) in [5, 5.41) is 0. The minimum absolute atomic E-state index is 0.447. The molecule has 0 N–H and O–H groups in total. The minimum atomic E-state index is 0.447. The molecule has 3 heteroatoms. The van der Waals surface area contributed by atoms with Crippen LogP contribution in [0, 0.1) is 27.7 Å². The van der Waals surface area contributed by atoms with Crippen LogP contribution in [0.1, 0.15) is 46.1 Å². The molecule has 0 aliphatic rings. The summed E-state index contributed by atoms with van der Waals surface area (Å²) in [6, 6.07) is 19.0. The van der Waals surface area contributed by atoms with Gasteiger partial charge in [0.25, 0.3) is 0 Å². The highest BCUT2D eigenvalue weighted by atomic mass is 16.5. The minimum Gasteiger partial charge on any atom is -0.486 e. The number of hydrogen-bond donors (Lipinski definition) is 0. The van der Waals surface area contributed by atoms with Crippen LogP contribution in [0.2, 0.25) is 0 Å². The van der Waals surface area contributed by atoms with E-state index in [0.717, 1.165) is 35.6 Å². The van der Waals surface area contributed by atoms with E-state index in [0.29, 0.717) is 6.61 Å². The highest BCUT2D eigenvalue weighted by Crippen LogP contribution is 2.26. The van der Waals surface area contributed by atoms with Gasteiger partial charge < -0.3 is 9.30 Å². The van der Waals surface area contributed by atoms with Crippen LogP contribution in [-0.2, 0) is 19.6 Å². The number of aryl methyl sites for hydroxylation is 3. The van der Waals surface area contributed by atoms with Crippen LogP contribution in [0.5, 0.6) is 5.75 Å². The van der Waals surface area contributed by atoms with Crippen molar-refractivity contribution in [2.45, 2.75) is 54.2 Å². The smallest absolute Gasteiger partial charge is 0.148 e. The maximum Gasteiger partial charge on any atom is 0.148 e. The summed E-state index contributed by atoms with van der Waals surface area (Å²) >= 11 is 0. The predicted molar refractivity (Wildman–Crippen MR) is 124 cm³/mol. The Morgan fingerprint density at radius 3 is 2.20 bits per heavy atom. The molecule has 0 aliphatic heterocycles. The summed E-state index contributed by atoms with van der Waals surface area (Å²) in [5.41, 5.74) is 10.3. The summed E-state index contributed by atoms with van der Waals surface area (Å²) in [7, 11) is 0. The second-order valence-corrected chi connectivity index (χ2v) is 8.13. The van der Waals surface area contributed by atoms with Crippen molar-refractivity contribution in [2.24, 2.45) is 0 Å². The van der Waals surface area contributed by atoms with E-state index < -0.39 is 0 Å². The second-order valence-electron chi connectivity index (χ2n) is 8.13. The van der Waals surface area contributed by atoms with E-state index in [1.54, 1.807) is 0 Å². The summed E-state index contributed by atoms with van der Waals surface area (Å²) in [4.78, 5) is 4.90. The van der Waals surface area contributed by atoms with Gasteiger partial charge in [0.05, 0.1) is 17.6 Å². The molecule has 1 heterocycles. The Labute approximate surface area is 179 Å². The number of rotatable bonds is 6. The second kappa shape index (κ2) is 8.35. The molecule has 4 rings (SSSR count). The van der Waals surface area contributed by atoms with E-state index in [2.05, 4.69) is 75.6 Å². The Morgan fingerprint density at radius 1 is 0.867 bits per heavy atom. The van der Waals surface area contributed by atoms with Crippen LogP contribution < -0.4 is 4.74 Å². The van der Waals surface area contributed by atoms with Gasteiger partial charge in [-0.25, -0.2) is 4.98 Å². The molecule has 0 saturated heterocycles. The van der Waals surface area contributed by atoms with Crippen LogP contribution in [-0.4, -0.2) is 9.55 Å². The first-order valence-electron chi connectivity index (χ1n) is 10.7. The van der Waals surface area contributed by atoms with Gasteiger partial charge in [0.2, 0.25) is 0 Å². The zero-order valence-electron chi connectivity index (χ0n) is 18.6. The first-order chi connectivity index (χ1) is 14.5. The van der Waals surface area contributed by atoms with Gasteiger partial charge in [-0.15, -0.1) is 0 Å². The Hall–Kier alpha value is -3.07. The molecule has 1 aromatic heterocycles. The third kappa shape index (κ3) is 3.85. The molecule has 0 spiro atoms. The fraction of sp³-hybridized carbons (Fsp3) is 0.296. The van der Waals surface area contributed by atoms with Crippen LogP contribution in [0.3, 0.4) is 0 Å². The van der Waals surface area contributed by atoms with Gasteiger partial charge in [-0.1, -0.05) is 37.3 Å². The van der Waals surface area contributed by atoms with E-state index in [-0.39, 0.29) is 0 Å². The lowest BCUT2D eigenvalue weighted by atomic mass is 9.94. The molecule has 0 fully saturated rings. The maximum absolute atomic E-state index is 6.12. The van der Waals surface area contributed by atoms with Gasteiger partial charge in [-0.2, -0.15) is 0 Å². The zero-order valence-corrected chi connectivity index (χ0v) is 18.6. The molecule has 30 heavy (non-hydrogen) atoms.